The standard InChI is InChI=1S/C17H22ClN3/c1-11(2)16-19-15(18)13(4)17(20-16)21(5)10-14-8-6-7-12(3)9-14/h6-9,11H,10H2,1-5H3. The van der Waals surface area contributed by atoms with Crippen LogP contribution in [0, 0.1) is 13.8 Å². The van der Waals surface area contributed by atoms with Crippen LogP contribution >= 0.6 is 11.6 Å². The van der Waals surface area contributed by atoms with Crippen molar-refractivity contribution >= 4 is 17.4 Å². The lowest BCUT2D eigenvalue weighted by Gasteiger charge is -2.22. The number of benzene rings is 1. The van der Waals surface area contributed by atoms with Gasteiger partial charge in [0.05, 0.1) is 0 Å². The van der Waals surface area contributed by atoms with Crippen molar-refractivity contribution in [1.29, 1.82) is 0 Å². The third-order valence-corrected chi connectivity index (χ3v) is 3.83. The predicted molar refractivity (Wildman–Crippen MR) is 89.2 cm³/mol. The highest BCUT2D eigenvalue weighted by atomic mass is 35.5. The van der Waals surface area contributed by atoms with Gasteiger partial charge in [0.15, 0.2) is 0 Å². The van der Waals surface area contributed by atoms with Crippen LogP contribution in [0.1, 0.15) is 42.3 Å². The van der Waals surface area contributed by atoms with E-state index in [-0.39, 0.29) is 5.92 Å². The maximum Gasteiger partial charge on any atom is 0.137 e. The minimum absolute atomic E-state index is 0.259. The van der Waals surface area contributed by atoms with Gasteiger partial charge in [-0.3, -0.25) is 0 Å². The zero-order valence-corrected chi connectivity index (χ0v) is 14.1. The van der Waals surface area contributed by atoms with E-state index in [2.05, 4.69) is 59.9 Å². The highest BCUT2D eigenvalue weighted by Gasteiger charge is 2.15. The Labute approximate surface area is 132 Å². The topological polar surface area (TPSA) is 29.0 Å². The molecule has 0 fully saturated rings. The SMILES string of the molecule is Cc1cccc(CN(C)c2nc(C(C)C)nc(Cl)c2C)c1. The molecule has 0 saturated carbocycles. The Kier molecular flexibility index (Phi) is 4.84. The molecular formula is C17H22ClN3. The van der Waals surface area contributed by atoms with E-state index in [0.717, 1.165) is 23.8 Å². The molecule has 0 atom stereocenters. The Hall–Kier alpha value is -1.61. The molecule has 1 heterocycles. The summed E-state index contributed by atoms with van der Waals surface area (Å²) in [5.41, 5.74) is 3.45. The van der Waals surface area contributed by atoms with Gasteiger partial charge in [0.1, 0.15) is 16.8 Å². The Morgan fingerprint density at radius 2 is 1.90 bits per heavy atom. The molecule has 2 aromatic rings. The zero-order chi connectivity index (χ0) is 15.6. The first-order valence-corrected chi connectivity index (χ1v) is 7.57. The van der Waals surface area contributed by atoms with Crippen molar-refractivity contribution in [2.45, 2.75) is 40.2 Å². The number of rotatable bonds is 4. The molecule has 0 N–H and O–H groups in total. The van der Waals surface area contributed by atoms with Gasteiger partial charge in [-0.2, -0.15) is 0 Å². The molecule has 0 amide bonds. The molecule has 21 heavy (non-hydrogen) atoms. The van der Waals surface area contributed by atoms with E-state index >= 15 is 0 Å². The molecule has 1 aromatic carbocycles. The molecule has 0 aliphatic heterocycles. The van der Waals surface area contributed by atoms with Crippen LogP contribution in [-0.2, 0) is 6.54 Å². The Morgan fingerprint density at radius 3 is 2.52 bits per heavy atom. The van der Waals surface area contributed by atoms with Crippen LogP contribution in [0.5, 0.6) is 0 Å². The maximum absolute atomic E-state index is 6.26. The lowest BCUT2D eigenvalue weighted by atomic mass is 10.1. The number of nitrogens with zero attached hydrogens (tertiary/aromatic N) is 3. The van der Waals surface area contributed by atoms with Crippen molar-refractivity contribution < 1.29 is 0 Å². The van der Waals surface area contributed by atoms with Gasteiger partial charge in [-0.05, 0) is 19.4 Å². The van der Waals surface area contributed by atoms with Gasteiger partial charge in [0, 0.05) is 25.1 Å². The van der Waals surface area contributed by atoms with Crippen molar-refractivity contribution in [1.82, 2.24) is 9.97 Å². The predicted octanol–water partition coefficient (Wildman–Crippen LogP) is 4.51. The van der Waals surface area contributed by atoms with E-state index in [9.17, 15) is 0 Å². The fraction of sp³-hybridized carbons (Fsp3) is 0.412. The molecule has 112 valence electrons. The van der Waals surface area contributed by atoms with E-state index in [1.54, 1.807) is 0 Å². The number of hydrogen-bond acceptors (Lipinski definition) is 3. The molecule has 0 aliphatic carbocycles. The lowest BCUT2D eigenvalue weighted by Crippen LogP contribution is -2.20. The number of aromatic nitrogens is 2. The highest BCUT2D eigenvalue weighted by molar-refractivity contribution is 6.30. The zero-order valence-electron chi connectivity index (χ0n) is 13.3. The number of halogens is 1. The maximum atomic E-state index is 6.26. The lowest BCUT2D eigenvalue weighted by molar-refractivity contribution is 0.758. The average molecular weight is 304 g/mol. The molecule has 1 aromatic heterocycles. The fourth-order valence-electron chi connectivity index (χ4n) is 2.28. The Morgan fingerprint density at radius 1 is 1.19 bits per heavy atom. The van der Waals surface area contributed by atoms with E-state index < -0.39 is 0 Å². The Balaban J connectivity index is 2.32. The van der Waals surface area contributed by atoms with Gasteiger partial charge in [-0.15, -0.1) is 0 Å². The van der Waals surface area contributed by atoms with Crippen LogP contribution in [0.3, 0.4) is 0 Å². The molecule has 0 saturated heterocycles. The van der Waals surface area contributed by atoms with Gasteiger partial charge in [0.2, 0.25) is 0 Å². The third kappa shape index (κ3) is 3.73. The molecule has 0 unspecified atom stereocenters. The van der Waals surface area contributed by atoms with Crippen LogP contribution in [0.4, 0.5) is 5.82 Å². The molecule has 0 aliphatic rings. The minimum Gasteiger partial charge on any atom is -0.355 e. The van der Waals surface area contributed by atoms with Crippen LogP contribution < -0.4 is 4.90 Å². The summed E-state index contributed by atoms with van der Waals surface area (Å²) in [5.74, 6) is 1.95. The van der Waals surface area contributed by atoms with Crippen molar-refractivity contribution in [3.8, 4) is 0 Å². The van der Waals surface area contributed by atoms with Crippen LogP contribution in [0.2, 0.25) is 5.15 Å². The quantitative estimate of drug-likeness (QED) is 0.778. The second-order valence-corrected chi connectivity index (χ2v) is 6.18. The Bertz CT molecular complexity index is 638. The molecule has 4 heteroatoms. The summed E-state index contributed by atoms with van der Waals surface area (Å²) in [6.07, 6.45) is 0. The van der Waals surface area contributed by atoms with E-state index in [0.29, 0.717) is 5.15 Å². The van der Waals surface area contributed by atoms with Crippen LogP contribution in [-0.4, -0.2) is 17.0 Å². The van der Waals surface area contributed by atoms with Crippen molar-refractivity contribution in [2.75, 3.05) is 11.9 Å². The van der Waals surface area contributed by atoms with Crippen LogP contribution in [0.25, 0.3) is 0 Å². The highest BCUT2D eigenvalue weighted by Crippen LogP contribution is 2.26. The molecule has 0 bridgehead atoms. The van der Waals surface area contributed by atoms with Gasteiger partial charge in [-0.1, -0.05) is 55.3 Å². The molecule has 0 radical (unpaired) electrons. The van der Waals surface area contributed by atoms with E-state index in [1.807, 2.05) is 14.0 Å². The van der Waals surface area contributed by atoms with Gasteiger partial charge in [-0.25, -0.2) is 9.97 Å². The molecule has 0 spiro atoms. The normalized spacial score (nSPS) is 11.0. The first-order valence-electron chi connectivity index (χ1n) is 7.19. The van der Waals surface area contributed by atoms with Gasteiger partial charge >= 0.3 is 0 Å². The smallest absolute Gasteiger partial charge is 0.137 e. The summed E-state index contributed by atoms with van der Waals surface area (Å²) in [6, 6.07) is 8.51. The summed E-state index contributed by atoms with van der Waals surface area (Å²) in [5, 5.41) is 0.541. The first-order chi connectivity index (χ1) is 9.88. The number of anilines is 1. The van der Waals surface area contributed by atoms with E-state index in [1.165, 1.54) is 11.1 Å². The second kappa shape index (κ2) is 6.44. The summed E-state index contributed by atoms with van der Waals surface area (Å²) in [4.78, 5) is 11.2. The summed E-state index contributed by atoms with van der Waals surface area (Å²) in [6.45, 7) is 9.02. The summed E-state index contributed by atoms with van der Waals surface area (Å²) < 4.78 is 0. The molecular weight excluding hydrogens is 282 g/mol. The number of aryl methyl sites for hydroxylation is 1. The van der Waals surface area contributed by atoms with Gasteiger partial charge < -0.3 is 4.90 Å². The van der Waals surface area contributed by atoms with Crippen molar-refractivity contribution in [3.05, 3.63) is 51.9 Å². The molecule has 2 rings (SSSR count). The summed E-state index contributed by atoms with van der Waals surface area (Å²) in [7, 11) is 2.04. The monoisotopic (exact) mass is 303 g/mol. The van der Waals surface area contributed by atoms with Gasteiger partial charge in [0.25, 0.3) is 0 Å². The minimum atomic E-state index is 0.259. The fourth-order valence-corrected chi connectivity index (χ4v) is 2.45. The first kappa shape index (κ1) is 15.8. The van der Waals surface area contributed by atoms with Crippen LogP contribution in [0.15, 0.2) is 24.3 Å². The average Bonchev–Trinajstić information content (AvgIpc) is 2.41. The number of hydrogen-bond donors (Lipinski definition) is 0. The summed E-state index contributed by atoms with van der Waals surface area (Å²) >= 11 is 6.26. The van der Waals surface area contributed by atoms with Crippen molar-refractivity contribution in [3.63, 3.8) is 0 Å². The molecule has 3 nitrogen and oxygen atoms in total. The second-order valence-electron chi connectivity index (χ2n) is 5.82. The van der Waals surface area contributed by atoms with Crippen molar-refractivity contribution in [2.24, 2.45) is 0 Å². The largest absolute Gasteiger partial charge is 0.355 e. The van der Waals surface area contributed by atoms with E-state index in [4.69, 9.17) is 11.6 Å². The third-order valence-electron chi connectivity index (χ3n) is 3.46.